The fraction of sp³-hybridized carbons (Fsp3) is 1.00. The minimum atomic E-state index is 0.649. The van der Waals surface area contributed by atoms with Crippen LogP contribution in [0.2, 0.25) is 12.1 Å². The Morgan fingerprint density at radius 2 is 1.10 bits per heavy atom. The molecule has 1 heterocycles. The Morgan fingerprint density at radius 1 is 0.600 bits per heavy atom. The van der Waals surface area contributed by atoms with Crippen molar-refractivity contribution in [2.24, 2.45) is 0 Å². The quantitative estimate of drug-likeness (QED) is 0.436. The molecule has 1 aliphatic heterocycles. The second kappa shape index (κ2) is 6.57. The first-order valence-electron chi connectivity index (χ1n) is 5.00. The molecular weight excluding hydrogens is 184 g/mol. The summed E-state index contributed by atoms with van der Waals surface area (Å²) in [7, 11) is 2.81. The summed E-state index contributed by atoms with van der Waals surface area (Å²) < 4.78 is 0. The lowest BCUT2D eigenvalue weighted by atomic mass is 10.2. The molecule has 0 bridgehead atoms. The zero-order valence-corrected chi connectivity index (χ0v) is 12.7. The van der Waals surface area contributed by atoms with Gasteiger partial charge in [0.1, 0.15) is 0 Å². The van der Waals surface area contributed by atoms with Crippen LogP contribution in [0.1, 0.15) is 25.7 Å². The van der Waals surface area contributed by atoms with E-state index in [1.165, 1.54) is 0 Å². The van der Waals surface area contributed by atoms with Crippen molar-refractivity contribution in [3.8, 4) is 0 Å². The summed E-state index contributed by atoms with van der Waals surface area (Å²) in [5.74, 6) is 0. The summed E-state index contributed by atoms with van der Waals surface area (Å²) >= 11 is 0. The van der Waals surface area contributed by atoms with Gasteiger partial charge in [-0.15, -0.1) is 0 Å². The van der Waals surface area contributed by atoms with Gasteiger partial charge in [-0.05, 0) is 17.1 Å². The summed E-state index contributed by atoms with van der Waals surface area (Å²) in [5.41, 5.74) is 0. The SMILES string of the molecule is C1CCC[SiH2][SiH2][SiH2][SiH2]CC1. The molecule has 0 aliphatic carbocycles. The molecule has 0 aromatic carbocycles. The molecule has 0 aromatic heterocycles. The summed E-state index contributed by atoms with van der Waals surface area (Å²) in [6.45, 7) is 0. The summed E-state index contributed by atoms with van der Waals surface area (Å²) in [4.78, 5) is 0. The molecule has 0 radical (unpaired) electrons. The molecular formula is C6H20Si4. The van der Waals surface area contributed by atoms with Gasteiger partial charge in [0.15, 0.2) is 0 Å². The van der Waals surface area contributed by atoms with Crippen LogP contribution >= 0.6 is 0 Å². The van der Waals surface area contributed by atoms with Crippen LogP contribution in [0.5, 0.6) is 0 Å². The van der Waals surface area contributed by atoms with E-state index in [-0.39, 0.29) is 0 Å². The number of hydrogen-bond acceptors (Lipinski definition) is 0. The summed E-state index contributed by atoms with van der Waals surface area (Å²) in [5, 5.41) is 0. The van der Waals surface area contributed by atoms with Gasteiger partial charge in [0.25, 0.3) is 0 Å². The third-order valence-electron chi connectivity index (χ3n) is 2.50. The zero-order valence-electron chi connectivity index (χ0n) is 7.07. The molecule has 0 atom stereocenters. The Kier molecular flexibility index (Phi) is 5.89. The molecule has 0 saturated carbocycles. The van der Waals surface area contributed by atoms with Crippen LogP contribution in [0.25, 0.3) is 0 Å². The van der Waals surface area contributed by atoms with E-state index in [9.17, 15) is 0 Å². The molecule has 0 N–H and O–H groups in total. The molecule has 4 heteroatoms. The Hall–Kier alpha value is 0.868. The Labute approximate surface area is 73.2 Å². The molecule has 10 heavy (non-hydrogen) atoms. The minimum absolute atomic E-state index is 0.649. The van der Waals surface area contributed by atoms with Crippen LogP contribution in [0, 0.1) is 0 Å². The van der Waals surface area contributed by atoms with E-state index < -0.39 is 0 Å². The van der Waals surface area contributed by atoms with Gasteiger partial charge in [0, 0.05) is 18.1 Å². The van der Waals surface area contributed by atoms with Crippen LogP contribution in [-0.2, 0) is 0 Å². The smallest absolute Gasteiger partial charge is 0.00465 e. The van der Waals surface area contributed by atoms with Gasteiger partial charge in [-0.25, -0.2) is 0 Å². The highest BCUT2D eigenvalue weighted by atomic mass is 29.7. The maximum Gasteiger partial charge on any atom is 0.00465 e. The van der Waals surface area contributed by atoms with Crippen molar-refractivity contribution in [1.82, 2.24) is 0 Å². The lowest BCUT2D eigenvalue weighted by Gasteiger charge is -2.04. The fourth-order valence-corrected chi connectivity index (χ4v) is 42.8. The highest BCUT2D eigenvalue weighted by molar-refractivity contribution is 7.44. The van der Waals surface area contributed by atoms with Gasteiger partial charge in [0.05, 0.1) is 0 Å². The van der Waals surface area contributed by atoms with E-state index in [0.29, 0.717) is 18.1 Å². The van der Waals surface area contributed by atoms with E-state index in [4.69, 9.17) is 0 Å². The van der Waals surface area contributed by atoms with E-state index in [2.05, 4.69) is 0 Å². The standard InChI is InChI=1S/C6H20Si4/c1-2-4-6-8-10-9-7-5-3-1/h1-10H2. The maximum absolute atomic E-state index is 1.76. The topological polar surface area (TPSA) is 0 Å². The average Bonchev–Trinajstić information content (AvgIpc) is 2.01. The molecule has 0 amide bonds. The first kappa shape index (κ1) is 8.96. The molecule has 1 aliphatic rings. The van der Waals surface area contributed by atoms with Gasteiger partial charge in [-0.2, -0.15) is 0 Å². The number of rotatable bonds is 0. The predicted molar refractivity (Wildman–Crippen MR) is 62.3 cm³/mol. The second-order valence-electron chi connectivity index (χ2n) is 3.54. The molecule has 0 unspecified atom stereocenters. The normalized spacial score (nSPS) is 33.6. The minimum Gasteiger partial charge on any atom is -0.0655 e. The summed E-state index contributed by atoms with van der Waals surface area (Å²) in [6, 6.07) is 3.52. The molecule has 0 nitrogen and oxygen atoms in total. The predicted octanol–water partition coefficient (Wildman–Crippen LogP) is -1.18. The largest absolute Gasteiger partial charge is 0.0655 e. The lowest BCUT2D eigenvalue weighted by Crippen LogP contribution is -2.19. The Bertz CT molecular complexity index is 42.9. The third kappa shape index (κ3) is 4.65. The van der Waals surface area contributed by atoms with Gasteiger partial charge in [-0.3, -0.25) is 0 Å². The zero-order chi connectivity index (χ0) is 7.07. The van der Waals surface area contributed by atoms with Crippen molar-refractivity contribution < 1.29 is 0 Å². The van der Waals surface area contributed by atoms with Crippen molar-refractivity contribution >= 4 is 35.2 Å². The van der Waals surface area contributed by atoms with Crippen LogP contribution in [0.3, 0.4) is 0 Å². The molecule has 1 fully saturated rings. The molecule has 1 saturated heterocycles. The molecule has 1 rings (SSSR count). The van der Waals surface area contributed by atoms with Gasteiger partial charge < -0.3 is 0 Å². The van der Waals surface area contributed by atoms with E-state index in [1.807, 2.05) is 0 Å². The van der Waals surface area contributed by atoms with Gasteiger partial charge in [-0.1, -0.05) is 37.8 Å². The van der Waals surface area contributed by atoms with Gasteiger partial charge in [0.2, 0.25) is 0 Å². The summed E-state index contributed by atoms with van der Waals surface area (Å²) in [6.07, 6.45) is 6.46. The molecule has 60 valence electrons. The van der Waals surface area contributed by atoms with Gasteiger partial charge >= 0.3 is 0 Å². The van der Waals surface area contributed by atoms with E-state index in [1.54, 1.807) is 37.8 Å². The first-order chi connectivity index (χ1) is 5.00. The number of hydrogen-bond donors (Lipinski definition) is 0. The van der Waals surface area contributed by atoms with E-state index in [0.717, 1.165) is 17.1 Å². The monoisotopic (exact) mass is 204 g/mol. The average molecular weight is 205 g/mol. The van der Waals surface area contributed by atoms with E-state index >= 15 is 0 Å². The highest BCUT2D eigenvalue weighted by Gasteiger charge is 1.97. The van der Waals surface area contributed by atoms with Crippen molar-refractivity contribution in [3.63, 3.8) is 0 Å². The third-order valence-corrected chi connectivity index (χ3v) is 40.5. The highest BCUT2D eigenvalue weighted by Crippen LogP contribution is 2.05. The fourth-order valence-electron chi connectivity index (χ4n) is 1.77. The van der Waals surface area contributed by atoms with Crippen LogP contribution < -0.4 is 0 Å². The van der Waals surface area contributed by atoms with Crippen molar-refractivity contribution in [3.05, 3.63) is 0 Å². The Morgan fingerprint density at radius 3 is 1.60 bits per heavy atom. The van der Waals surface area contributed by atoms with Crippen molar-refractivity contribution in [2.45, 2.75) is 37.8 Å². The van der Waals surface area contributed by atoms with Crippen molar-refractivity contribution in [1.29, 1.82) is 0 Å². The molecule has 0 aromatic rings. The second-order valence-corrected chi connectivity index (χ2v) is 29.0. The van der Waals surface area contributed by atoms with Crippen molar-refractivity contribution in [2.75, 3.05) is 0 Å². The maximum atomic E-state index is 1.76. The van der Waals surface area contributed by atoms with Crippen LogP contribution in [0.4, 0.5) is 0 Å². The van der Waals surface area contributed by atoms with Crippen LogP contribution in [0.15, 0.2) is 0 Å². The lowest BCUT2D eigenvalue weighted by molar-refractivity contribution is 0.700. The van der Waals surface area contributed by atoms with Crippen LogP contribution in [-0.4, -0.2) is 35.2 Å². The first-order valence-corrected chi connectivity index (χ1v) is 19.0. The molecule has 0 spiro atoms. The Balaban J connectivity index is 2.00.